The van der Waals surface area contributed by atoms with E-state index < -0.39 is 44.7 Å². The Hall–Kier alpha value is -3.18. The third kappa shape index (κ3) is 5.91. The van der Waals surface area contributed by atoms with Gasteiger partial charge in [-0.05, 0) is 49.4 Å². The van der Waals surface area contributed by atoms with E-state index in [1.54, 1.807) is 0 Å². The molecular formula is C18H17ClFN3O6S. The second-order valence-corrected chi connectivity index (χ2v) is 7.93. The van der Waals surface area contributed by atoms with E-state index in [0.717, 1.165) is 18.2 Å². The number of nitrogens with one attached hydrogen (secondary N) is 3. The van der Waals surface area contributed by atoms with Crippen molar-refractivity contribution in [3.8, 4) is 0 Å². The lowest BCUT2D eigenvalue weighted by Gasteiger charge is -2.14. The van der Waals surface area contributed by atoms with Gasteiger partial charge in [-0.15, -0.1) is 0 Å². The molecule has 2 aromatic rings. The third-order valence-corrected chi connectivity index (χ3v) is 5.53. The Labute approximate surface area is 176 Å². The summed E-state index contributed by atoms with van der Waals surface area (Å²) in [5, 5.41) is 3.94. The molecule has 0 heterocycles. The monoisotopic (exact) mass is 457 g/mol. The molecule has 0 fully saturated rings. The molecule has 0 unspecified atom stereocenters. The first-order chi connectivity index (χ1) is 14.0. The Balaban J connectivity index is 2.21. The van der Waals surface area contributed by atoms with Crippen molar-refractivity contribution in [1.82, 2.24) is 10.6 Å². The van der Waals surface area contributed by atoms with Crippen LogP contribution in [0.3, 0.4) is 0 Å². The molecule has 0 aliphatic rings. The van der Waals surface area contributed by atoms with Crippen molar-refractivity contribution in [2.24, 2.45) is 0 Å². The minimum atomic E-state index is -4.22. The fourth-order valence-electron chi connectivity index (χ4n) is 2.12. The lowest BCUT2D eigenvalue weighted by Crippen LogP contribution is -2.43. The van der Waals surface area contributed by atoms with Crippen molar-refractivity contribution < 1.29 is 31.9 Å². The molecule has 160 valence electrons. The van der Waals surface area contributed by atoms with Gasteiger partial charge in [0.1, 0.15) is 10.7 Å². The molecular weight excluding hydrogens is 441 g/mol. The number of sulfonamides is 1. The van der Waals surface area contributed by atoms with Crippen LogP contribution >= 0.6 is 11.6 Å². The number of ether oxygens (including phenoxy) is 1. The number of hydrogen-bond acceptors (Lipinski definition) is 6. The van der Waals surface area contributed by atoms with E-state index in [4.69, 9.17) is 16.3 Å². The maximum atomic E-state index is 13.0. The van der Waals surface area contributed by atoms with Gasteiger partial charge < -0.3 is 10.1 Å². The van der Waals surface area contributed by atoms with Crippen LogP contribution in [0.15, 0.2) is 47.4 Å². The van der Waals surface area contributed by atoms with Gasteiger partial charge in [-0.1, -0.05) is 11.6 Å². The van der Waals surface area contributed by atoms with Crippen LogP contribution < -0.4 is 15.4 Å². The SMILES string of the molecule is CNC(=O)NC(=O)[C@H](C)OC(=O)c1ccc(Cl)c(S(=O)(=O)Nc2ccc(F)cc2)c1. The van der Waals surface area contributed by atoms with Gasteiger partial charge in [-0.2, -0.15) is 0 Å². The smallest absolute Gasteiger partial charge is 0.338 e. The summed E-state index contributed by atoms with van der Waals surface area (Å²) in [6.45, 7) is 1.24. The first kappa shape index (κ1) is 23.1. The molecule has 9 nitrogen and oxygen atoms in total. The number of hydrogen-bond donors (Lipinski definition) is 3. The van der Waals surface area contributed by atoms with Gasteiger partial charge in [0.2, 0.25) is 0 Å². The Kier molecular flexibility index (Phi) is 7.35. The fourth-order valence-corrected chi connectivity index (χ4v) is 3.71. The first-order valence-corrected chi connectivity index (χ1v) is 10.2. The lowest BCUT2D eigenvalue weighted by atomic mass is 10.2. The van der Waals surface area contributed by atoms with E-state index in [0.29, 0.717) is 0 Å². The molecule has 0 radical (unpaired) electrons. The highest BCUT2D eigenvalue weighted by Gasteiger charge is 2.24. The number of imide groups is 1. The summed E-state index contributed by atoms with van der Waals surface area (Å²) in [4.78, 5) is 34.8. The van der Waals surface area contributed by atoms with Crippen LogP contribution in [0.4, 0.5) is 14.9 Å². The summed E-state index contributed by atoms with van der Waals surface area (Å²) in [6, 6.07) is 7.14. The summed E-state index contributed by atoms with van der Waals surface area (Å²) in [6.07, 6.45) is -1.33. The van der Waals surface area contributed by atoms with Gasteiger partial charge in [0.15, 0.2) is 6.10 Å². The molecule has 0 saturated carbocycles. The number of benzene rings is 2. The molecule has 0 aliphatic heterocycles. The van der Waals surface area contributed by atoms with Crippen molar-refractivity contribution >= 4 is 45.2 Å². The standard InChI is InChI=1S/C18H17ClFN3O6S/c1-10(16(24)22-18(26)21-2)29-17(25)11-3-8-14(19)15(9-11)30(27,28)23-13-6-4-12(20)5-7-13/h3-10,23H,1-2H3,(H2,21,22,24,26)/t10-/m0/s1. The molecule has 12 heteroatoms. The highest BCUT2D eigenvalue weighted by atomic mass is 35.5. The maximum absolute atomic E-state index is 13.0. The molecule has 2 rings (SSSR count). The highest BCUT2D eigenvalue weighted by Crippen LogP contribution is 2.25. The number of urea groups is 1. The second kappa shape index (κ2) is 9.55. The van der Waals surface area contributed by atoms with Crippen molar-refractivity contribution in [1.29, 1.82) is 0 Å². The van der Waals surface area contributed by atoms with Gasteiger partial charge in [-0.25, -0.2) is 22.4 Å². The molecule has 0 spiro atoms. The summed E-state index contributed by atoms with van der Waals surface area (Å²) >= 11 is 5.97. The van der Waals surface area contributed by atoms with E-state index in [9.17, 15) is 27.2 Å². The van der Waals surface area contributed by atoms with Gasteiger partial charge in [0.05, 0.1) is 10.6 Å². The maximum Gasteiger partial charge on any atom is 0.338 e. The number of esters is 1. The largest absolute Gasteiger partial charge is 0.449 e. The van der Waals surface area contributed by atoms with Crippen LogP contribution in [0.1, 0.15) is 17.3 Å². The Morgan fingerprint density at radius 1 is 1.10 bits per heavy atom. The highest BCUT2D eigenvalue weighted by molar-refractivity contribution is 7.92. The number of amides is 3. The Morgan fingerprint density at radius 3 is 2.33 bits per heavy atom. The van der Waals surface area contributed by atoms with Crippen molar-refractivity contribution in [3.63, 3.8) is 0 Å². The van der Waals surface area contributed by atoms with Crippen molar-refractivity contribution in [3.05, 3.63) is 58.9 Å². The average molecular weight is 458 g/mol. The minimum Gasteiger partial charge on any atom is -0.449 e. The van der Waals surface area contributed by atoms with Gasteiger partial charge in [0.25, 0.3) is 15.9 Å². The Bertz CT molecular complexity index is 1080. The molecule has 2 aromatic carbocycles. The summed E-state index contributed by atoms with van der Waals surface area (Å²) < 4.78 is 45.4. The van der Waals surface area contributed by atoms with Gasteiger partial charge >= 0.3 is 12.0 Å². The molecule has 3 amide bonds. The van der Waals surface area contributed by atoms with E-state index in [2.05, 4.69) is 10.0 Å². The second-order valence-electron chi connectivity index (χ2n) is 5.87. The third-order valence-electron chi connectivity index (χ3n) is 3.67. The first-order valence-electron chi connectivity index (χ1n) is 8.35. The predicted molar refractivity (Wildman–Crippen MR) is 106 cm³/mol. The zero-order chi connectivity index (χ0) is 22.5. The average Bonchev–Trinajstić information content (AvgIpc) is 2.69. The van der Waals surface area contributed by atoms with Crippen LogP contribution in [0, 0.1) is 5.82 Å². The van der Waals surface area contributed by atoms with Crippen LogP contribution in [0.2, 0.25) is 5.02 Å². The lowest BCUT2D eigenvalue weighted by molar-refractivity contribution is -0.127. The van der Waals surface area contributed by atoms with Crippen LogP contribution in [-0.2, 0) is 19.6 Å². The molecule has 0 bridgehead atoms. The van der Waals surface area contributed by atoms with E-state index in [-0.39, 0.29) is 16.3 Å². The number of anilines is 1. The Morgan fingerprint density at radius 2 is 1.73 bits per heavy atom. The normalized spacial score (nSPS) is 11.9. The van der Waals surface area contributed by atoms with E-state index in [1.165, 1.54) is 38.2 Å². The summed E-state index contributed by atoms with van der Waals surface area (Å²) in [5.41, 5.74) is -0.113. The molecule has 0 aromatic heterocycles. The topological polar surface area (TPSA) is 131 Å². The van der Waals surface area contributed by atoms with Crippen LogP contribution in [-0.4, -0.2) is 39.5 Å². The zero-order valence-corrected chi connectivity index (χ0v) is 17.3. The molecule has 1 atom stereocenters. The number of carbonyl (C=O) groups is 3. The fraction of sp³-hybridized carbons (Fsp3) is 0.167. The molecule has 0 saturated heterocycles. The van der Waals surface area contributed by atoms with Crippen LogP contribution in [0.25, 0.3) is 0 Å². The summed E-state index contributed by atoms with van der Waals surface area (Å²) in [5.74, 6) is -2.43. The van der Waals surface area contributed by atoms with Crippen LogP contribution in [0.5, 0.6) is 0 Å². The quantitative estimate of drug-likeness (QED) is 0.570. The van der Waals surface area contributed by atoms with E-state index >= 15 is 0 Å². The molecule has 30 heavy (non-hydrogen) atoms. The predicted octanol–water partition coefficient (Wildman–Crippen LogP) is 2.28. The van der Waals surface area contributed by atoms with Crippen molar-refractivity contribution in [2.75, 3.05) is 11.8 Å². The van der Waals surface area contributed by atoms with Gasteiger partial charge in [0, 0.05) is 12.7 Å². The molecule has 3 N–H and O–H groups in total. The minimum absolute atomic E-state index is 0.0833. The number of rotatable bonds is 6. The van der Waals surface area contributed by atoms with E-state index in [1.807, 2.05) is 5.32 Å². The number of halogens is 2. The number of carbonyl (C=O) groups excluding carboxylic acids is 3. The zero-order valence-electron chi connectivity index (χ0n) is 15.7. The van der Waals surface area contributed by atoms with Crippen molar-refractivity contribution in [2.45, 2.75) is 17.9 Å². The van der Waals surface area contributed by atoms with Gasteiger partial charge in [-0.3, -0.25) is 14.8 Å². The summed E-state index contributed by atoms with van der Waals surface area (Å²) in [7, 11) is -2.92. The molecule has 0 aliphatic carbocycles.